The maximum atomic E-state index is 12.5. The summed E-state index contributed by atoms with van der Waals surface area (Å²) in [6, 6.07) is 5.18. The summed E-state index contributed by atoms with van der Waals surface area (Å²) >= 11 is 0. The van der Waals surface area contributed by atoms with E-state index in [9.17, 15) is 13.2 Å². The molecule has 0 aromatic heterocycles. The van der Waals surface area contributed by atoms with E-state index < -0.39 is 11.7 Å². The summed E-state index contributed by atoms with van der Waals surface area (Å²) in [5, 5.41) is 2.97. The third-order valence-electron chi connectivity index (χ3n) is 2.75. The molecule has 1 aliphatic rings. The van der Waals surface area contributed by atoms with Crippen LogP contribution in [0.3, 0.4) is 0 Å². The number of hydrogen-bond donors (Lipinski definition) is 1. The fraction of sp³-hybridized carbons (Fsp3) is 0.385. The average Bonchev–Trinajstić information content (AvgIpc) is 2.37. The Hall–Kier alpha value is -1.65. The number of benzene rings is 1. The predicted molar refractivity (Wildman–Crippen MR) is 63.2 cm³/mol. The topological polar surface area (TPSA) is 21.3 Å². The highest BCUT2D eigenvalue weighted by atomic mass is 19.4. The molecule has 1 aliphatic heterocycles. The van der Waals surface area contributed by atoms with Gasteiger partial charge in [-0.05, 0) is 37.1 Å². The van der Waals surface area contributed by atoms with E-state index in [4.69, 9.17) is 4.74 Å². The normalized spacial score (nSPS) is 19.4. The molecule has 0 saturated heterocycles. The summed E-state index contributed by atoms with van der Waals surface area (Å²) in [7, 11) is 0. The van der Waals surface area contributed by atoms with E-state index in [2.05, 4.69) is 5.32 Å². The third-order valence-corrected chi connectivity index (χ3v) is 2.75. The van der Waals surface area contributed by atoms with Gasteiger partial charge in [-0.3, -0.25) is 0 Å². The van der Waals surface area contributed by atoms with Crippen LogP contribution >= 0.6 is 0 Å². The second-order valence-electron chi connectivity index (χ2n) is 4.17. The van der Waals surface area contributed by atoms with Crippen molar-refractivity contribution in [2.24, 2.45) is 0 Å². The molecule has 0 radical (unpaired) electrons. The Balaban J connectivity index is 1.95. The van der Waals surface area contributed by atoms with Crippen LogP contribution in [0.15, 0.2) is 36.6 Å². The average molecular weight is 257 g/mol. The number of alkyl halides is 3. The lowest BCUT2D eigenvalue weighted by atomic mass is 10.1. The van der Waals surface area contributed by atoms with E-state index in [0.717, 1.165) is 25.0 Å². The van der Waals surface area contributed by atoms with Crippen LogP contribution in [0.5, 0.6) is 0 Å². The number of ether oxygens (including phenoxy) is 1. The lowest BCUT2D eigenvalue weighted by molar-refractivity contribution is -0.137. The molecule has 2 nitrogen and oxygen atoms in total. The summed E-state index contributed by atoms with van der Waals surface area (Å²) in [6.07, 6.45) is 1.10. The minimum atomic E-state index is -4.30. The summed E-state index contributed by atoms with van der Waals surface area (Å²) < 4.78 is 42.8. The first kappa shape index (κ1) is 12.8. The molecule has 5 heteroatoms. The first-order valence-corrected chi connectivity index (χ1v) is 5.77. The summed E-state index contributed by atoms with van der Waals surface area (Å²) in [6.45, 7) is 0.506. The lowest BCUT2D eigenvalue weighted by Gasteiger charge is -2.20. The van der Waals surface area contributed by atoms with Gasteiger partial charge in [-0.1, -0.05) is 6.07 Å². The molecule has 1 atom stereocenters. The third kappa shape index (κ3) is 3.42. The minimum absolute atomic E-state index is 0.0181. The summed E-state index contributed by atoms with van der Waals surface area (Å²) in [5.74, 6) is 0. The molecule has 0 bridgehead atoms. The SMILES string of the molecule is FC(F)(F)c1cccc(NCC2CCC=CO2)c1. The maximum absolute atomic E-state index is 12.5. The van der Waals surface area contributed by atoms with Crippen LogP contribution in [0.1, 0.15) is 18.4 Å². The zero-order valence-electron chi connectivity index (χ0n) is 9.70. The molecule has 1 heterocycles. The van der Waals surface area contributed by atoms with Crippen molar-refractivity contribution in [3.05, 3.63) is 42.2 Å². The van der Waals surface area contributed by atoms with E-state index in [1.807, 2.05) is 6.08 Å². The van der Waals surface area contributed by atoms with Crippen LogP contribution in [0.4, 0.5) is 18.9 Å². The molecule has 0 fully saturated rings. The van der Waals surface area contributed by atoms with Gasteiger partial charge in [-0.15, -0.1) is 0 Å². The van der Waals surface area contributed by atoms with Crippen LogP contribution in [-0.4, -0.2) is 12.6 Å². The first-order valence-electron chi connectivity index (χ1n) is 5.77. The highest BCUT2D eigenvalue weighted by Crippen LogP contribution is 2.30. The molecule has 1 aromatic carbocycles. The highest BCUT2D eigenvalue weighted by molar-refractivity contribution is 5.46. The van der Waals surface area contributed by atoms with Crippen LogP contribution in [0.2, 0.25) is 0 Å². The van der Waals surface area contributed by atoms with Gasteiger partial charge in [0, 0.05) is 5.69 Å². The van der Waals surface area contributed by atoms with Crippen LogP contribution in [-0.2, 0) is 10.9 Å². The lowest BCUT2D eigenvalue weighted by Crippen LogP contribution is -2.23. The van der Waals surface area contributed by atoms with Crippen molar-refractivity contribution in [1.82, 2.24) is 0 Å². The number of rotatable bonds is 3. The number of allylic oxidation sites excluding steroid dienone is 1. The minimum Gasteiger partial charge on any atom is -0.497 e. The second-order valence-corrected chi connectivity index (χ2v) is 4.17. The Kier molecular flexibility index (Phi) is 3.79. The van der Waals surface area contributed by atoms with E-state index in [0.29, 0.717) is 12.2 Å². The van der Waals surface area contributed by atoms with Crippen molar-refractivity contribution in [1.29, 1.82) is 0 Å². The Morgan fingerprint density at radius 1 is 1.33 bits per heavy atom. The molecule has 18 heavy (non-hydrogen) atoms. The van der Waals surface area contributed by atoms with Crippen molar-refractivity contribution in [3.63, 3.8) is 0 Å². The molecular weight excluding hydrogens is 243 g/mol. The molecular formula is C13H14F3NO. The van der Waals surface area contributed by atoms with Gasteiger partial charge in [0.1, 0.15) is 6.10 Å². The molecule has 0 saturated carbocycles. The number of hydrogen-bond acceptors (Lipinski definition) is 2. The monoisotopic (exact) mass is 257 g/mol. The molecule has 98 valence electrons. The van der Waals surface area contributed by atoms with Gasteiger partial charge in [-0.2, -0.15) is 13.2 Å². The molecule has 1 unspecified atom stereocenters. The van der Waals surface area contributed by atoms with E-state index >= 15 is 0 Å². The molecule has 1 N–H and O–H groups in total. The highest BCUT2D eigenvalue weighted by Gasteiger charge is 2.30. The molecule has 1 aromatic rings. The van der Waals surface area contributed by atoms with Crippen molar-refractivity contribution in [2.45, 2.75) is 25.1 Å². The van der Waals surface area contributed by atoms with Crippen LogP contribution in [0, 0.1) is 0 Å². The Morgan fingerprint density at radius 3 is 2.83 bits per heavy atom. The zero-order valence-corrected chi connectivity index (χ0v) is 9.70. The van der Waals surface area contributed by atoms with Crippen molar-refractivity contribution in [3.8, 4) is 0 Å². The van der Waals surface area contributed by atoms with Gasteiger partial charge in [0.2, 0.25) is 0 Å². The van der Waals surface area contributed by atoms with E-state index in [-0.39, 0.29) is 6.10 Å². The van der Waals surface area contributed by atoms with Crippen molar-refractivity contribution >= 4 is 5.69 Å². The summed E-state index contributed by atoms with van der Waals surface area (Å²) in [5.41, 5.74) is -0.181. The Bertz CT molecular complexity index is 428. The molecule has 2 rings (SSSR count). The number of nitrogens with one attached hydrogen (secondary N) is 1. The number of halogens is 3. The quantitative estimate of drug-likeness (QED) is 0.889. The van der Waals surface area contributed by atoms with Crippen LogP contribution < -0.4 is 5.32 Å². The van der Waals surface area contributed by atoms with Crippen LogP contribution in [0.25, 0.3) is 0 Å². The van der Waals surface area contributed by atoms with Gasteiger partial charge < -0.3 is 10.1 Å². The van der Waals surface area contributed by atoms with Gasteiger partial charge >= 0.3 is 6.18 Å². The molecule has 0 aliphatic carbocycles. The largest absolute Gasteiger partial charge is 0.497 e. The zero-order chi connectivity index (χ0) is 13.0. The van der Waals surface area contributed by atoms with E-state index in [1.165, 1.54) is 6.07 Å². The smallest absolute Gasteiger partial charge is 0.416 e. The first-order chi connectivity index (χ1) is 8.55. The fourth-order valence-electron chi connectivity index (χ4n) is 1.77. The maximum Gasteiger partial charge on any atom is 0.416 e. The summed E-state index contributed by atoms with van der Waals surface area (Å²) in [4.78, 5) is 0. The van der Waals surface area contributed by atoms with E-state index in [1.54, 1.807) is 12.3 Å². The second kappa shape index (κ2) is 5.33. The van der Waals surface area contributed by atoms with Crippen molar-refractivity contribution < 1.29 is 17.9 Å². The fourth-order valence-corrected chi connectivity index (χ4v) is 1.77. The number of anilines is 1. The molecule has 0 amide bonds. The molecule has 0 spiro atoms. The van der Waals surface area contributed by atoms with Crippen molar-refractivity contribution in [2.75, 3.05) is 11.9 Å². The van der Waals surface area contributed by atoms with Gasteiger partial charge in [0.25, 0.3) is 0 Å². The van der Waals surface area contributed by atoms with Gasteiger partial charge in [0.15, 0.2) is 0 Å². The Morgan fingerprint density at radius 2 is 2.17 bits per heavy atom. The standard InChI is InChI=1S/C13H14F3NO/c14-13(15,16)10-4-3-5-11(8-10)17-9-12-6-1-2-7-18-12/h2-5,7-8,12,17H,1,6,9H2. The van der Waals surface area contributed by atoms with Gasteiger partial charge in [-0.25, -0.2) is 0 Å². The Labute approximate surface area is 103 Å². The predicted octanol–water partition coefficient (Wildman–Crippen LogP) is 3.81. The van der Waals surface area contributed by atoms with Gasteiger partial charge in [0.05, 0.1) is 18.4 Å².